The van der Waals surface area contributed by atoms with Crippen LogP contribution < -0.4 is 14.8 Å². The third kappa shape index (κ3) is 3.64. The van der Waals surface area contributed by atoms with Crippen LogP contribution in [0.4, 0.5) is 0 Å². The van der Waals surface area contributed by atoms with Gasteiger partial charge in [0.2, 0.25) is 0 Å². The standard InChI is InChI=1S/C16H24N2O2/c1-6-17-7-10-18(8-1)9-5-14-3-4-15-16(13-14)20-12-2-11-19-15/h3-4,13,17H,1-2,5-12H2. The number of ether oxygens (including phenoxy) is 2. The Hall–Kier alpha value is -1.26. The fourth-order valence-corrected chi connectivity index (χ4v) is 2.78. The molecular weight excluding hydrogens is 252 g/mol. The van der Waals surface area contributed by atoms with Gasteiger partial charge in [0.05, 0.1) is 13.2 Å². The van der Waals surface area contributed by atoms with E-state index in [-0.39, 0.29) is 0 Å². The molecule has 2 aliphatic heterocycles. The predicted molar refractivity (Wildman–Crippen MR) is 79.7 cm³/mol. The molecule has 4 heteroatoms. The van der Waals surface area contributed by atoms with E-state index < -0.39 is 0 Å². The second-order valence-corrected chi connectivity index (χ2v) is 5.53. The number of hydrogen-bond donors (Lipinski definition) is 1. The molecule has 20 heavy (non-hydrogen) atoms. The molecule has 3 rings (SSSR count). The fourth-order valence-electron chi connectivity index (χ4n) is 2.78. The summed E-state index contributed by atoms with van der Waals surface area (Å²) in [4.78, 5) is 2.54. The highest BCUT2D eigenvalue weighted by Crippen LogP contribution is 2.30. The van der Waals surface area contributed by atoms with Crippen LogP contribution in [0.1, 0.15) is 18.4 Å². The first kappa shape index (κ1) is 13.7. The summed E-state index contributed by atoms with van der Waals surface area (Å²) in [5, 5.41) is 3.45. The van der Waals surface area contributed by atoms with Crippen LogP contribution in [-0.2, 0) is 6.42 Å². The molecule has 0 radical (unpaired) electrons. The largest absolute Gasteiger partial charge is 0.490 e. The summed E-state index contributed by atoms with van der Waals surface area (Å²) in [5.41, 5.74) is 1.34. The Morgan fingerprint density at radius 3 is 2.85 bits per heavy atom. The monoisotopic (exact) mass is 276 g/mol. The molecule has 1 aromatic carbocycles. The van der Waals surface area contributed by atoms with Crippen LogP contribution in [0.3, 0.4) is 0 Å². The second kappa shape index (κ2) is 6.95. The molecule has 1 N–H and O–H groups in total. The van der Waals surface area contributed by atoms with Crippen molar-refractivity contribution in [1.29, 1.82) is 0 Å². The third-order valence-electron chi connectivity index (χ3n) is 3.96. The van der Waals surface area contributed by atoms with Gasteiger partial charge in [-0.3, -0.25) is 0 Å². The minimum atomic E-state index is 0.757. The lowest BCUT2D eigenvalue weighted by atomic mass is 10.1. The van der Waals surface area contributed by atoms with Gasteiger partial charge in [-0.25, -0.2) is 0 Å². The van der Waals surface area contributed by atoms with Crippen LogP contribution in [-0.4, -0.2) is 50.8 Å². The number of nitrogens with zero attached hydrogens (tertiary/aromatic N) is 1. The maximum atomic E-state index is 5.75. The molecule has 4 nitrogen and oxygen atoms in total. The molecule has 0 amide bonds. The zero-order chi connectivity index (χ0) is 13.6. The van der Waals surface area contributed by atoms with E-state index in [1.807, 2.05) is 0 Å². The number of nitrogens with one attached hydrogen (secondary N) is 1. The van der Waals surface area contributed by atoms with Gasteiger partial charge in [-0.2, -0.15) is 0 Å². The van der Waals surface area contributed by atoms with Gasteiger partial charge >= 0.3 is 0 Å². The van der Waals surface area contributed by atoms with Crippen molar-refractivity contribution in [3.8, 4) is 11.5 Å². The van der Waals surface area contributed by atoms with Crippen LogP contribution >= 0.6 is 0 Å². The summed E-state index contributed by atoms with van der Waals surface area (Å²) in [6.07, 6.45) is 3.29. The molecule has 0 bridgehead atoms. The smallest absolute Gasteiger partial charge is 0.161 e. The van der Waals surface area contributed by atoms with Crippen molar-refractivity contribution >= 4 is 0 Å². The number of fused-ring (bicyclic) bond motifs is 1. The lowest BCUT2D eigenvalue weighted by Crippen LogP contribution is -2.30. The van der Waals surface area contributed by atoms with Crippen LogP contribution in [0.2, 0.25) is 0 Å². The predicted octanol–water partition coefficient (Wildman–Crippen LogP) is 1.69. The molecule has 0 spiro atoms. The van der Waals surface area contributed by atoms with Crippen LogP contribution in [0, 0.1) is 0 Å². The molecule has 2 aliphatic rings. The lowest BCUT2D eigenvalue weighted by molar-refractivity contribution is 0.295. The minimum absolute atomic E-state index is 0.757. The molecule has 1 fully saturated rings. The van der Waals surface area contributed by atoms with Crippen LogP contribution in [0.15, 0.2) is 18.2 Å². The highest BCUT2D eigenvalue weighted by molar-refractivity contribution is 5.43. The molecule has 1 aromatic rings. The van der Waals surface area contributed by atoms with E-state index in [1.54, 1.807) is 0 Å². The highest BCUT2D eigenvalue weighted by atomic mass is 16.5. The van der Waals surface area contributed by atoms with Gasteiger partial charge in [-0.15, -0.1) is 0 Å². The Balaban J connectivity index is 1.58. The van der Waals surface area contributed by atoms with Crippen LogP contribution in [0.5, 0.6) is 11.5 Å². The van der Waals surface area contributed by atoms with E-state index in [1.165, 1.54) is 18.5 Å². The first-order valence-corrected chi connectivity index (χ1v) is 7.73. The van der Waals surface area contributed by atoms with Gasteiger partial charge in [0, 0.05) is 26.1 Å². The van der Waals surface area contributed by atoms with E-state index >= 15 is 0 Å². The summed E-state index contributed by atoms with van der Waals surface area (Å²) in [6, 6.07) is 6.38. The van der Waals surface area contributed by atoms with Crippen molar-refractivity contribution in [2.24, 2.45) is 0 Å². The number of rotatable bonds is 3. The first-order valence-electron chi connectivity index (χ1n) is 7.73. The summed E-state index contributed by atoms with van der Waals surface area (Å²) < 4.78 is 11.4. The van der Waals surface area contributed by atoms with Gasteiger partial charge in [0.25, 0.3) is 0 Å². The summed E-state index contributed by atoms with van der Waals surface area (Å²) in [6.45, 7) is 7.27. The zero-order valence-corrected chi connectivity index (χ0v) is 12.1. The van der Waals surface area contributed by atoms with Crippen molar-refractivity contribution in [3.63, 3.8) is 0 Å². The quantitative estimate of drug-likeness (QED) is 0.911. The molecule has 1 saturated heterocycles. The van der Waals surface area contributed by atoms with Crippen molar-refractivity contribution in [3.05, 3.63) is 23.8 Å². The Labute approximate surface area is 121 Å². The van der Waals surface area contributed by atoms with E-state index in [9.17, 15) is 0 Å². The molecule has 110 valence electrons. The second-order valence-electron chi connectivity index (χ2n) is 5.53. The van der Waals surface area contributed by atoms with Gasteiger partial charge in [0.1, 0.15) is 0 Å². The molecule has 0 aromatic heterocycles. The van der Waals surface area contributed by atoms with Crippen molar-refractivity contribution in [2.75, 3.05) is 45.9 Å². The van der Waals surface area contributed by atoms with Crippen molar-refractivity contribution in [1.82, 2.24) is 10.2 Å². The molecule has 2 heterocycles. The fraction of sp³-hybridized carbons (Fsp3) is 0.625. The molecule has 0 aliphatic carbocycles. The molecule has 0 saturated carbocycles. The highest BCUT2D eigenvalue weighted by Gasteiger charge is 2.12. The first-order chi connectivity index (χ1) is 9.92. The topological polar surface area (TPSA) is 33.7 Å². The lowest BCUT2D eigenvalue weighted by Gasteiger charge is -2.19. The van der Waals surface area contributed by atoms with Crippen LogP contribution in [0.25, 0.3) is 0 Å². The van der Waals surface area contributed by atoms with E-state index in [0.29, 0.717) is 0 Å². The van der Waals surface area contributed by atoms with E-state index in [0.717, 1.165) is 63.7 Å². The van der Waals surface area contributed by atoms with Crippen molar-refractivity contribution < 1.29 is 9.47 Å². The van der Waals surface area contributed by atoms with Crippen molar-refractivity contribution in [2.45, 2.75) is 19.3 Å². The zero-order valence-electron chi connectivity index (χ0n) is 12.1. The summed E-state index contributed by atoms with van der Waals surface area (Å²) in [7, 11) is 0. The summed E-state index contributed by atoms with van der Waals surface area (Å²) >= 11 is 0. The average Bonchev–Trinajstić information content (AvgIpc) is 2.87. The summed E-state index contributed by atoms with van der Waals surface area (Å²) in [5.74, 6) is 1.81. The maximum absolute atomic E-state index is 5.75. The Morgan fingerprint density at radius 2 is 1.90 bits per heavy atom. The van der Waals surface area contributed by atoms with Gasteiger partial charge < -0.3 is 19.7 Å². The molecular formula is C16H24N2O2. The van der Waals surface area contributed by atoms with E-state index in [2.05, 4.69) is 28.4 Å². The number of benzene rings is 1. The van der Waals surface area contributed by atoms with Gasteiger partial charge in [0.15, 0.2) is 11.5 Å². The Kier molecular flexibility index (Phi) is 4.77. The molecule has 0 atom stereocenters. The van der Waals surface area contributed by atoms with Gasteiger partial charge in [-0.1, -0.05) is 6.07 Å². The maximum Gasteiger partial charge on any atom is 0.161 e. The van der Waals surface area contributed by atoms with E-state index in [4.69, 9.17) is 9.47 Å². The Bertz CT molecular complexity index is 428. The minimum Gasteiger partial charge on any atom is -0.490 e. The SMILES string of the molecule is c1cc2c(cc1CCN1CCCNCC1)OCCCO2. The third-order valence-corrected chi connectivity index (χ3v) is 3.96. The normalized spacial score (nSPS) is 20.2. The average molecular weight is 276 g/mol. The van der Waals surface area contributed by atoms with Gasteiger partial charge in [-0.05, 0) is 43.6 Å². The molecule has 0 unspecified atom stereocenters. The number of hydrogen-bond acceptors (Lipinski definition) is 4. The Morgan fingerprint density at radius 1 is 1.00 bits per heavy atom.